The van der Waals surface area contributed by atoms with Crippen molar-refractivity contribution >= 4 is 39.5 Å². The zero-order valence-corrected chi connectivity index (χ0v) is 57.7. The van der Waals surface area contributed by atoms with Gasteiger partial charge in [-0.3, -0.25) is 37.3 Å². The van der Waals surface area contributed by atoms with Crippen molar-refractivity contribution < 1.29 is 80.2 Å². The van der Waals surface area contributed by atoms with Gasteiger partial charge in [0.2, 0.25) is 0 Å². The molecule has 0 aliphatic heterocycles. The lowest BCUT2D eigenvalue weighted by Crippen LogP contribution is -2.30. The van der Waals surface area contributed by atoms with Crippen LogP contribution < -0.4 is 0 Å². The molecule has 3 N–H and O–H groups in total. The van der Waals surface area contributed by atoms with Gasteiger partial charge in [0.25, 0.3) is 0 Å². The number of ether oxygens (including phenoxy) is 4. The number of carbonyl (C=O) groups is 4. The van der Waals surface area contributed by atoms with E-state index >= 15 is 0 Å². The van der Waals surface area contributed by atoms with Gasteiger partial charge in [-0.15, -0.1) is 0 Å². The Morgan fingerprint density at radius 3 is 0.721 bits per heavy atom. The molecule has 510 valence electrons. The summed E-state index contributed by atoms with van der Waals surface area (Å²) in [6, 6.07) is 0. The molecule has 0 rings (SSSR count). The molecule has 5 atom stereocenters. The third-order valence-corrected chi connectivity index (χ3v) is 17.2. The fraction of sp³-hybridized carbons (Fsp3) is 0.940. The van der Waals surface area contributed by atoms with Crippen molar-refractivity contribution in [2.75, 3.05) is 39.6 Å². The largest absolute Gasteiger partial charge is 0.472 e. The van der Waals surface area contributed by atoms with Crippen LogP contribution in [0.4, 0.5) is 0 Å². The molecule has 0 aliphatic rings. The van der Waals surface area contributed by atoms with Crippen LogP contribution in [0.25, 0.3) is 0 Å². The number of rotatable bonds is 64. The molecule has 0 radical (unpaired) electrons. The molecule has 0 aromatic carbocycles. The van der Waals surface area contributed by atoms with Gasteiger partial charge in [0.1, 0.15) is 19.3 Å². The van der Waals surface area contributed by atoms with Gasteiger partial charge in [0, 0.05) is 25.7 Å². The van der Waals surface area contributed by atoms with Crippen molar-refractivity contribution in [2.24, 2.45) is 23.7 Å². The number of esters is 4. The summed E-state index contributed by atoms with van der Waals surface area (Å²) < 4.78 is 68.0. The maximum atomic E-state index is 13.0. The van der Waals surface area contributed by atoms with E-state index in [1.54, 1.807) is 0 Å². The molecule has 86 heavy (non-hydrogen) atoms. The van der Waals surface area contributed by atoms with Crippen LogP contribution in [0.2, 0.25) is 0 Å². The Bertz CT molecular complexity index is 1710. The van der Waals surface area contributed by atoms with Crippen LogP contribution in [0.3, 0.4) is 0 Å². The Kier molecular flexibility index (Phi) is 55.7. The Morgan fingerprint density at radius 2 is 0.488 bits per heavy atom. The zero-order chi connectivity index (χ0) is 63.9. The van der Waals surface area contributed by atoms with E-state index in [0.29, 0.717) is 43.4 Å². The molecule has 0 saturated heterocycles. The minimum Gasteiger partial charge on any atom is -0.462 e. The molecular weight excluding hydrogens is 1140 g/mol. The molecular formula is C67H130O17P2. The molecule has 0 saturated carbocycles. The van der Waals surface area contributed by atoms with Crippen LogP contribution in [-0.4, -0.2) is 96.7 Å². The first-order valence-electron chi connectivity index (χ1n) is 34.7. The highest BCUT2D eigenvalue weighted by Crippen LogP contribution is 2.45. The highest BCUT2D eigenvalue weighted by Gasteiger charge is 2.30. The van der Waals surface area contributed by atoms with Crippen LogP contribution in [0.1, 0.15) is 325 Å². The van der Waals surface area contributed by atoms with Gasteiger partial charge >= 0.3 is 39.5 Å². The first-order chi connectivity index (χ1) is 41.1. The second kappa shape index (κ2) is 57.0. The summed E-state index contributed by atoms with van der Waals surface area (Å²) >= 11 is 0. The number of hydrogen-bond donors (Lipinski definition) is 3. The minimum atomic E-state index is -4.95. The van der Waals surface area contributed by atoms with Crippen LogP contribution >= 0.6 is 15.6 Å². The molecule has 0 aromatic heterocycles. The molecule has 3 unspecified atom stereocenters. The van der Waals surface area contributed by atoms with Crippen molar-refractivity contribution in [3.05, 3.63) is 0 Å². The molecule has 0 spiro atoms. The molecule has 17 nitrogen and oxygen atoms in total. The van der Waals surface area contributed by atoms with Crippen LogP contribution in [0, 0.1) is 23.7 Å². The smallest absolute Gasteiger partial charge is 0.462 e. The number of carbonyl (C=O) groups excluding carboxylic acids is 4. The number of aliphatic hydroxyl groups is 1. The highest BCUT2D eigenvalue weighted by atomic mass is 31.2. The quantitative estimate of drug-likeness (QED) is 0.0222. The van der Waals surface area contributed by atoms with E-state index in [9.17, 15) is 43.2 Å². The summed E-state index contributed by atoms with van der Waals surface area (Å²) in [4.78, 5) is 72.2. The molecule has 0 heterocycles. The van der Waals surface area contributed by atoms with Gasteiger partial charge in [-0.25, -0.2) is 9.13 Å². The second-order valence-electron chi connectivity index (χ2n) is 26.1. The Hall–Kier alpha value is -1.94. The molecule has 0 fully saturated rings. The van der Waals surface area contributed by atoms with Gasteiger partial charge in [-0.05, 0) is 49.4 Å². The highest BCUT2D eigenvalue weighted by molar-refractivity contribution is 7.47. The van der Waals surface area contributed by atoms with Crippen molar-refractivity contribution in [3.8, 4) is 0 Å². The fourth-order valence-corrected chi connectivity index (χ4v) is 11.5. The lowest BCUT2D eigenvalue weighted by molar-refractivity contribution is -0.161. The second-order valence-corrected chi connectivity index (χ2v) is 29.0. The van der Waals surface area contributed by atoms with E-state index in [1.165, 1.54) is 116 Å². The Labute approximate surface area is 524 Å². The topological polar surface area (TPSA) is 237 Å². The molecule has 0 bridgehead atoms. The van der Waals surface area contributed by atoms with E-state index in [0.717, 1.165) is 109 Å². The van der Waals surface area contributed by atoms with Crippen molar-refractivity contribution in [1.82, 2.24) is 0 Å². The van der Waals surface area contributed by atoms with Gasteiger partial charge in [-0.1, -0.05) is 274 Å². The SMILES string of the molecule is CC(C)CCCCCCCCCCCCCCCCCCC(=O)O[C@H](COC(=O)CCCCCCCCC(C)C)COP(=O)(O)OCC(O)COP(=O)(O)OC[C@@H](COC(=O)CCCCCCCCC(C)C)OC(=O)CCCCCCCCC(C)C. The summed E-state index contributed by atoms with van der Waals surface area (Å²) in [5, 5.41) is 10.5. The monoisotopic (exact) mass is 1270 g/mol. The Balaban J connectivity index is 5.16. The molecule has 0 aromatic rings. The van der Waals surface area contributed by atoms with Crippen LogP contribution in [0.15, 0.2) is 0 Å². The van der Waals surface area contributed by atoms with Gasteiger partial charge in [0.15, 0.2) is 12.2 Å². The summed E-state index contributed by atoms with van der Waals surface area (Å²) in [5.41, 5.74) is 0. The molecule has 0 aliphatic carbocycles. The van der Waals surface area contributed by atoms with E-state index in [4.69, 9.17) is 37.0 Å². The van der Waals surface area contributed by atoms with Crippen LogP contribution in [-0.2, 0) is 65.4 Å². The maximum Gasteiger partial charge on any atom is 0.472 e. The summed E-state index contributed by atoms with van der Waals surface area (Å²) in [6.45, 7) is 13.9. The normalized spacial score (nSPS) is 14.4. The van der Waals surface area contributed by atoms with Gasteiger partial charge in [-0.2, -0.15) is 0 Å². The predicted octanol–water partition coefficient (Wildman–Crippen LogP) is 18.5. The number of unbranched alkanes of at least 4 members (excludes halogenated alkanes) is 30. The average molecular weight is 1270 g/mol. The molecule has 0 amide bonds. The van der Waals surface area contributed by atoms with Crippen molar-refractivity contribution in [1.29, 1.82) is 0 Å². The minimum absolute atomic E-state index is 0.100. The van der Waals surface area contributed by atoms with Crippen molar-refractivity contribution in [3.63, 3.8) is 0 Å². The average Bonchev–Trinajstić information content (AvgIpc) is 3.56. The summed E-state index contributed by atoms with van der Waals surface area (Å²) in [5.74, 6) is 0.695. The standard InChI is InChI=1S/C67H130O17P2/c1-57(2)43-35-27-19-17-15-13-11-9-10-12-14-16-18-20-33-41-49-66(71)83-62(53-77-64(69)47-39-31-24-21-28-36-44-58(3)4)55-81-85(73,74)79-51-61(68)52-80-86(75,76)82-56-63(84-67(72)50-42-34-26-23-30-38-46-60(7)8)54-78-65(70)48-40-32-25-22-29-37-45-59(5)6/h57-63,68H,9-56H2,1-8H3,(H,73,74)(H,75,76)/t61?,62-,63-/m1/s1. The third kappa shape index (κ3) is 60.9. The summed E-state index contributed by atoms with van der Waals surface area (Å²) in [6.07, 6.45) is 38.2. The number of hydrogen-bond acceptors (Lipinski definition) is 15. The first-order valence-corrected chi connectivity index (χ1v) is 37.7. The molecule has 19 heteroatoms. The van der Waals surface area contributed by atoms with Gasteiger partial charge in [0.05, 0.1) is 26.4 Å². The zero-order valence-electron chi connectivity index (χ0n) is 55.9. The first kappa shape index (κ1) is 84.1. The van der Waals surface area contributed by atoms with Crippen LogP contribution in [0.5, 0.6) is 0 Å². The lowest BCUT2D eigenvalue weighted by Gasteiger charge is -2.21. The number of phosphoric acid groups is 2. The maximum absolute atomic E-state index is 13.0. The van der Waals surface area contributed by atoms with E-state index in [1.807, 2.05) is 0 Å². The lowest BCUT2D eigenvalue weighted by atomic mass is 10.0. The predicted molar refractivity (Wildman–Crippen MR) is 344 cm³/mol. The fourth-order valence-electron chi connectivity index (χ4n) is 9.96. The number of phosphoric ester groups is 2. The third-order valence-electron chi connectivity index (χ3n) is 15.3. The van der Waals surface area contributed by atoms with E-state index in [-0.39, 0.29) is 25.7 Å². The Morgan fingerprint density at radius 1 is 0.291 bits per heavy atom. The number of aliphatic hydroxyl groups excluding tert-OH is 1. The van der Waals surface area contributed by atoms with Gasteiger partial charge < -0.3 is 33.8 Å². The van der Waals surface area contributed by atoms with E-state index in [2.05, 4.69) is 55.4 Å². The van der Waals surface area contributed by atoms with E-state index < -0.39 is 97.5 Å². The van der Waals surface area contributed by atoms with Crippen molar-refractivity contribution in [2.45, 2.75) is 343 Å². The summed E-state index contributed by atoms with van der Waals surface area (Å²) in [7, 11) is -9.89.